The van der Waals surface area contributed by atoms with Gasteiger partial charge in [-0.15, -0.1) is 0 Å². The molecule has 0 amide bonds. The van der Waals surface area contributed by atoms with Crippen molar-refractivity contribution in [2.45, 2.75) is 11.4 Å². The van der Waals surface area contributed by atoms with Gasteiger partial charge in [-0.2, -0.15) is 4.31 Å². The maximum atomic E-state index is 12.8. The van der Waals surface area contributed by atoms with Crippen molar-refractivity contribution in [3.05, 3.63) is 84.4 Å². The number of carboxylic acid groups (broad SMARTS) is 1. The molecule has 6 nitrogen and oxygen atoms in total. The van der Waals surface area contributed by atoms with E-state index in [1.165, 1.54) is 11.4 Å². The summed E-state index contributed by atoms with van der Waals surface area (Å²) >= 11 is 0. The van der Waals surface area contributed by atoms with Crippen molar-refractivity contribution in [1.29, 1.82) is 0 Å². The van der Waals surface area contributed by atoms with Gasteiger partial charge in [0.05, 0.1) is 4.90 Å². The normalized spacial score (nSPS) is 11.4. The molecule has 0 aliphatic heterocycles. The topological polar surface area (TPSA) is 83.9 Å². The molecule has 0 unspecified atom stereocenters. The summed E-state index contributed by atoms with van der Waals surface area (Å²) in [6, 6.07) is 22.9. The zero-order valence-corrected chi connectivity index (χ0v) is 16.7. The smallest absolute Gasteiger partial charge is 0.341 e. The minimum Gasteiger partial charge on any atom is -0.481 e. The molecule has 150 valence electrons. The van der Waals surface area contributed by atoms with Crippen molar-refractivity contribution in [2.75, 3.05) is 13.7 Å². The Balaban J connectivity index is 1.91. The fourth-order valence-electron chi connectivity index (χ4n) is 2.90. The van der Waals surface area contributed by atoms with Gasteiger partial charge in [-0.3, -0.25) is 0 Å². The van der Waals surface area contributed by atoms with Crippen LogP contribution in [0.5, 0.6) is 5.75 Å². The Bertz CT molecular complexity index is 1080. The molecule has 0 fully saturated rings. The number of ether oxygens (including phenoxy) is 1. The van der Waals surface area contributed by atoms with Gasteiger partial charge in [-0.25, -0.2) is 13.2 Å². The number of sulfonamides is 1. The van der Waals surface area contributed by atoms with Gasteiger partial charge in [0.15, 0.2) is 6.61 Å². The van der Waals surface area contributed by atoms with Crippen molar-refractivity contribution in [1.82, 2.24) is 4.31 Å². The highest BCUT2D eigenvalue weighted by Crippen LogP contribution is 2.32. The summed E-state index contributed by atoms with van der Waals surface area (Å²) in [6.07, 6.45) is 0. The van der Waals surface area contributed by atoms with Gasteiger partial charge in [0.1, 0.15) is 5.75 Å². The van der Waals surface area contributed by atoms with E-state index in [9.17, 15) is 13.2 Å². The Morgan fingerprint density at radius 3 is 2.21 bits per heavy atom. The Morgan fingerprint density at radius 2 is 1.59 bits per heavy atom. The van der Waals surface area contributed by atoms with Gasteiger partial charge in [0.25, 0.3) is 0 Å². The molecule has 29 heavy (non-hydrogen) atoms. The van der Waals surface area contributed by atoms with E-state index in [0.717, 1.165) is 11.1 Å². The predicted molar refractivity (Wildman–Crippen MR) is 110 cm³/mol. The number of carbonyl (C=O) groups is 1. The van der Waals surface area contributed by atoms with Crippen molar-refractivity contribution in [2.24, 2.45) is 0 Å². The first-order chi connectivity index (χ1) is 13.9. The van der Waals surface area contributed by atoms with Crippen molar-refractivity contribution < 1.29 is 23.1 Å². The molecule has 0 spiro atoms. The summed E-state index contributed by atoms with van der Waals surface area (Å²) in [5.74, 6) is -0.641. The summed E-state index contributed by atoms with van der Waals surface area (Å²) in [5, 5.41) is 8.91. The van der Waals surface area contributed by atoms with Crippen molar-refractivity contribution in [3.8, 4) is 16.9 Å². The maximum Gasteiger partial charge on any atom is 0.341 e. The van der Waals surface area contributed by atoms with Crippen LogP contribution in [0.25, 0.3) is 11.1 Å². The molecule has 7 heteroatoms. The van der Waals surface area contributed by atoms with Crippen LogP contribution in [0, 0.1) is 0 Å². The van der Waals surface area contributed by atoms with Crippen LogP contribution >= 0.6 is 0 Å². The van der Waals surface area contributed by atoms with Gasteiger partial charge < -0.3 is 9.84 Å². The minimum absolute atomic E-state index is 0.163. The Kier molecular flexibility index (Phi) is 6.31. The second-order valence-electron chi connectivity index (χ2n) is 6.45. The first kappa shape index (κ1) is 20.6. The van der Waals surface area contributed by atoms with E-state index in [4.69, 9.17) is 9.84 Å². The van der Waals surface area contributed by atoms with Gasteiger partial charge >= 0.3 is 5.97 Å². The van der Waals surface area contributed by atoms with Crippen LogP contribution < -0.4 is 4.74 Å². The summed E-state index contributed by atoms with van der Waals surface area (Å²) in [4.78, 5) is 11.1. The van der Waals surface area contributed by atoms with Crippen molar-refractivity contribution in [3.63, 3.8) is 0 Å². The maximum absolute atomic E-state index is 12.8. The molecular formula is C22H21NO5S. The molecule has 0 bridgehead atoms. The zero-order chi connectivity index (χ0) is 20.9. The lowest BCUT2D eigenvalue weighted by atomic mass is 10.0. The van der Waals surface area contributed by atoms with Crippen LogP contribution in [0.15, 0.2) is 83.8 Å². The number of rotatable bonds is 8. The van der Waals surface area contributed by atoms with Gasteiger partial charge in [0.2, 0.25) is 10.0 Å². The number of hydrogen-bond acceptors (Lipinski definition) is 4. The average molecular weight is 411 g/mol. The van der Waals surface area contributed by atoms with E-state index in [2.05, 4.69) is 0 Å². The molecule has 1 N–H and O–H groups in total. The number of aliphatic carboxylic acids is 1. The van der Waals surface area contributed by atoms with E-state index < -0.39 is 22.6 Å². The molecule has 0 aliphatic rings. The first-order valence-corrected chi connectivity index (χ1v) is 10.4. The van der Waals surface area contributed by atoms with E-state index >= 15 is 0 Å². The highest BCUT2D eigenvalue weighted by Gasteiger charge is 2.21. The van der Waals surface area contributed by atoms with Crippen LogP contribution in [-0.2, 0) is 21.4 Å². The number of carboxylic acids is 1. The Labute approximate surface area is 170 Å². The zero-order valence-electron chi connectivity index (χ0n) is 15.9. The van der Waals surface area contributed by atoms with Crippen LogP contribution in [0.4, 0.5) is 0 Å². The third-order valence-corrected chi connectivity index (χ3v) is 6.15. The lowest BCUT2D eigenvalue weighted by molar-refractivity contribution is -0.139. The van der Waals surface area contributed by atoms with Crippen LogP contribution in [0.1, 0.15) is 5.56 Å². The molecule has 0 aromatic heterocycles. The van der Waals surface area contributed by atoms with Crippen LogP contribution in [0.3, 0.4) is 0 Å². The molecule has 3 aromatic rings. The summed E-state index contributed by atoms with van der Waals surface area (Å²) in [6.45, 7) is -0.294. The SMILES string of the molecule is CN(Cc1ccc(OCC(=O)O)c(-c2ccccc2)c1)S(=O)(=O)c1ccccc1. The summed E-state index contributed by atoms with van der Waals surface area (Å²) in [5.41, 5.74) is 2.31. The molecule has 0 heterocycles. The van der Waals surface area contributed by atoms with Crippen molar-refractivity contribution >= 4 is 16.0 Å². The number of hydrogen-bond donors (Lipinski definition) is 1. The fraction of sp³-hybridized carbons (Fsp3) is 0.136. The van der Waals surface area contributed by atoms with Crippen LogP contribution in [0.2, 0.25) is 0 Å². The molecular weight excluding hydrogens is 390 g/mol. The molecule has 0 atom stereocenters. The Hall–Kier alpha value is -3.16. The predicted octanol–water partition coefficient (Wildman–Crippen LogP) is 3.64. The molecule has 3 rings (SSSR count). The molecule has 0 saturated heterocycles. The van der Waals surface area contributed by atoms with E-state index in [1.807, 2.05) is 36.4 Å². The first-order valence-electron chi connectivity index (χ1n) is 8.92. The van der Waals surface area contributed by atoms with Gasteiger partial charge in [0, 0.05) is 19.2 Å². The molecule has 0 radical (unpaired) electrons. The quantitative estimate of drug-likeness (QED) is 0.612. The lowest BCUT2D eigenvalue weighted by Gasteiger charge is -2.19. The molecule has 3 aromatic carbocycles. The molecule has 0 aliphatic carbocycles. The Morgan fingerprint density at radius 1 is 0.966 bits per heavy atom. The monoisotopic (exact) mass is 411 g/mol. The lowest BCUT2D eigenvalue weighted by Crippen LogP contribution is -2.26. The number of benzene rings is 3. The summed E-state index contributed by atoms with van der Waals surface area (Å²) in [7, 11) is -2.09. The third-order valence-electron chi connectivity index (χ3n) is 4.34. The highest BCUT2D eigenvalue weighted by molar-refractivity contribution is 7.89. The second-order valence-corrected chi connectivity index (χ2v) is 8.50. The standard InChI is InChI=1S/C22H21NO5S/c1-23(29(26,27)19-10-6-3-7-11-19)15-17-12-13-21(28-16-22(24)25)20(14-17)18-8-4-2-5-9-18/h2-14H,15-16H2,1H3,(H,24,25). The average Bonchev–Trinajstić information content (AvgIpc) is 2.74. The molecule has 0 saturated carbocycles. The number of nitrogens with zero attached hydrogens (tertiary/aromatic N) is 1. The highest BCUT2D eigenvalue weighted by atomic mass is 32.2. The van der Waals surface area contributed by atoms with E-state index in [0.29, 0.717) is 11.3 Å². The van der Waals surface area contributed by atoms with Gasteiger partial charge in [-0.05, 0) is 35.4 Å². The van der Waals surface area contributed by atoms with Gasteiger partial charge in [-0.1, -0.05) is 54.6 Å². The largest absolute Gasteiger partial charge is 0.481 e. The fourth-order valence-corrected chi connectivity index (χ4v) is 4.08. The minimum atomic E-state index is -3.62. The second kappa shape index (κ2) is 8.89. The van der Waals surface area contributed by atoms with E-state index in [-0.39, 0.29) is 11.4 Å². The third kappa shape index (κ3) is 5.01. The van der Waals surface area contributed by atoms with E-state index in [1.54, 1.807) is 42.5 Å². The van der Waals surface area contributed by atoms with Crippen LogP contribution in [-0.4, -0.2) is 37.5 Å². The summed E-state index contributed by atoms with van der Waals surface area (Å²) < 4.78 is 32.2.